The molecule has 2 heteroatoms. The topological polar surface area (TPSA) is 21.3 Å². The molecule has 1 aliphatic rings. The van der Waals surface area contributed by atoms with Gasteiger partial charge in [0.15, 0.2) is 0 Å². The van der Waals surface area contributed by atoms with Gasteiger partial charge in [0.05, 0.1) is 7.11 Å². The number of hydrogen-bond donors (Lipinski definition) is 1. The monoisotopic (exact) mass is 233 g/mol. The van der Waals surface area contributed by atoms with Crippen LogP contribution in [-0.2, 0) is 12.8 Å². The van der Waals surface area contributed by atoms with Gasteiger partial charge >= 0.3 is 0 Å². The molecule has 0 spiro atoms. The van der Waals surface area contributed by atoms with Gasteiger partial charge in [0.2, 0.25) is 0 Å². The van der Waals surface area contributed by atoms with E-state index >= 15 is 0 Å². The summed E-state index contributed by atoms with van der Waals surface area (Å²) in [5.74, 6) is 1.07. The van der Waals surface area contributed by atoms with Crippen LogP contribution in [0.4, 0.5) is 0 Å². The first-order chi connectivity index (χ1) is 8.35. The molecule has 0 aromatic heterocycles. The normalized spacial score (nSPS) is 19.5. The Balaban J connectivity index is 2.14. The number of methoxy groups -OCH3 is 1. The fourth-order valence-electron chi connectivity index (χ4n) is 2.69. The van der Waals surface area contributed by atoms with Gasteiger partial charge < -0.3 is 10.1 Å². The number of benzene rings is 1. The van der Waals surface area contributed by atoms with Crippen molar-refractivity contribution < 1.29 is 4.74 Å². The molecule has 1 aromatic carbocycles. The Bertz CT molecular complexity index is 362. The molecule has 0 radical (unpaired) electrons. The summed E-state index contributed by atoms with van der Waals surface area (Å²) in [5.41, 5.74) is 2.89. The number of hydrogen-bond acceptors (Lipinski definition) is 2. The Hall–Kier alpha value is -1.02. The van der Waals surface area contributed by atoms with Gasteiger partial charge in [-0.2, -0.15) is 0 Å². The highest BCUT2D eigenvalue weighted by molar-refractivity contribution is 5.41. The van der Waals surface area contributed by atoms with Crippen molar-refractivity contribution in [2.24, 2.45) is 0 Å². The van der Waals surface area contributed by atoms with Crippen molar-refractivity contribution in [2.75, 3.05) is 13.7 Å². The van der Waals surface area contributed by atoms with Crippen molar-refractivity contribution in [3.63, 3.8) is 0 Å². The minimum absolute atomic E-state index is 0.642. The molecule has 0 amide bonds. The van der Waals surface area contributed by atoms with Crippen LogP contribution in [0.15, 0.2) is 18.2 Å². The Morgan fingerprint density at radius 1 is 1.41 bits per heavy atom. The Morgan fingerprint density at radius 2 is 2.29 bits per heavy atom. The molecule has 1 atom stereocenters. The fourth-order valence-corrected chi connectivity index (χ4v) is 2.69. The van der Waals surface area contributed by atoms with Crippen molar-refractivity contribution >= 4 is 0 Å². The number of rotatable bonds is 4. The molecule has 94 valence electrons. The quantitative estimate of drug-likeness (QED) is 0.807. The van der Waals surface area contributed by atoms with Crippen LogP contribution in [0.5, 0.6) is 5.75 Å². The maximum absolute atomic E-state index is 5.46. The van der Waals surface area contributed by atoms with Crippen molar-refractivity contribution in [3.05, 3.63) is 29.3 Å². The van der Waals surface area contributed by atoms with Crippen LogP contribution >= 0.6 is 0 Å². The first kappa shape index (κ1) is 12.4. The highest BCUT2D eigenvalue weighted by Crippen LogP contribution is 2.28. The second kappa shape index (κ2) is 6.06. The van der Waals surface area contributed by atoms with Gasteiger partial charge in [-0.05, 0) is 55.8 Å². The number of fused-ring (bicyclic) bond motifs is 1. The molecule has 1 N–H and O–H groups in total. The smallest absolute Gasteiger partial charge is 0.122 e. The van der Waals surface area contributed by atoms with E-state index in [2.05, 4.69) is 30.4 Å². The van der Waals surface area contributed by atoms with Gasteiger partial charge in [-0.3, -0.25) is 0 Å². The standard InChI is InChI=1S/C15H23NO/c1-3-10-16-13-7-5-8-14-12(11-13)6-4-9-15(14)17-2/h4,6,9,13,16H,3,5,7-8,10-11H2,1-2H3/t13-/m0/s1. The average molecular weight is 233 g/mol. The molecular weight excluding hydrogens is 210 g/mol. The number of ether oxygens (including phenoxy) is 1. The molecular formula is C15H23NO. The summed E-state index contributed by atoms with van der Waals surface area (Å²) < 4.78 is 5.46. The third-order valence-electron chi connectivity index (χ3n) is 3.58. The lowest BCUT2D eigenvalue weighted by atomic mass is 10.0. The van der Waals surface area contributed by atoms with Crippen LogP contribution in [0.3, 0.4) is 0 Å². The summed E-state index contributed by atoms with van der Waals surface area (Å²) in [6.07, 6.45) is 6.05. The maximum Gasteiger partial charge on any atom is 0.122 e. The first-order valence-corrected chi connectivity index (χ1v) is 6.73. The van der Waals surface area contributed by atoms with Gasteiger partial charge in [0, 0.05) is 6.04 Å². The van der Waals surface area contributed by atoms with E-state index in [9.17, 15) is 0 Å². The summed E-state index contributed by atoms with van der Waals surface area (Å²) in [6.45, 7) is 3.35. The number of nitrogens with one attached hydrogen (secondary N) is 1. The molecule has 0 fully saturated rings. The largest absolute Gasteiger partial charge is 0.496 e. The zero-order valence-corrected chi connectivity index (χ0v) is 11.0. The summed E-state index contributed by atoms with van der Waals surface area (Å²) in [5, 5.41) is 3.65. The molecule has 0 heterocycles. The van der Waals surface area contributed by atoms with E-state index in [0.29, 0.717) is 6.04 Å². The van der Waals surface area contributed by atoms with Crippen LogP contribution in [-0.4, -0.2) is 19.7 Å². The zero-order valence-electron chi connectivity index (χ0n) is 11.0. The maximum atomic E-state index is 5.46. The van der Waals surface area contributed by atoms with Crippen molar-refractivity contribution in [1.29, 1.82) is 0 Å². The molecule has 2 rings (SSSR count). The molecule has 1 aliphatic carbocycles. The summed E-state index contributed by atoms with van der Waals surface area (Å²) in [6, 6.07) is 7.09. The highest BCUT2D eigenvalue weighted by Gasteiger charge is 2.18. The Kier molecular flexibility index (Phi) is 4.43. The third-order valence-corrected chi connectivity index (χ3v) is 3.58. The summed E-state index contributed by atoms with van der Waals surface area (Å²) in [4.78, 5) is 0. The highest BCUT2D eigenvalue weighted by atomic mass is 16.5. The molecule has 2 nitrogen and oxygen atoms in total. The second-order valence-electron chi connectivity index (χ2n) is 4.85. The molecule has 0 saturated carbocycles. The summed E-state index contributed by atoms with van der Waals surface area (Å²) >= 11 is 0. The molecule has 0 unspecified atom stereocenters. The Morgan fingerprint density at radius 3 is 3.06 bits per heavy atom. The Labute approximate surface area is 104 Å². The van der Waals surface area contributed by atoms with Crippen LogP contribution < -0.4 is 10.1 Å². The average Bonchev–Trinajstić information content (AvgIpc) is 2.57. The van der Waals surface area contributed by atoms with Crippen LogP contribution in [0.1, 0.15) is 37.3 Å². The predicted octanol–water partition coefficient (Wildman–Crippen LogP) is 2.94. The van der Waals surface area contributed by atoms with Gasteiger partial charge in [-0.25, -0.2) is 0 Å². The third kappa shape index (κ3) is 3.01. The van der Waals surface area contributed by atoms with Crippen molar-refractivity contribution in [3.8, 4) is 5.75 Å². The van der Waals surface area contributed by atoms with Crippen LogP contribution in [0.25, 0.3) is 0 Å². The van der Waals surface area contributed by atoms with E-state index in [-0.39, 0.29) is 0 Å². The molecule has 0 saturated heterocycles. The van der Waals surface area contributed by atoms with Crippen molar-refractivity contribution in [2.45, 2.75) is 45.1 Å². The predicted molar refractivity (Wildman–Crippen MR) is 71.7 cm³/mol. The zero-order chi connectivity index (χ0) is 12.1. The van der Waals surface area contributed by atoms with Gasteiger partial charge in [0.1, 0.15) is 5.75 Å². The lowest BCUT2D eigenvalue weighted by molar-refractivity contribution is 0.409. The van der Waals surface area contributed by atoms with E-state index < -0.39 is 0 Å². The van der Waals surface area contributed by atoms with E-state index in [1.165, 1.54) is 30.4 Å². The van der Waals surface area contributed by atoms with E-state index in [1.54, 1.807) is 7.11 Å². The summed E-state index contributed by atoms with van der Waals surface area (Å²) in [7, 11) is 1.77. The van der Waals surface area contributed by atoms with E-state index in [4.69, 9.17) is 4.74 Å². The SMILES string of the molecule is CCCN[C@H]1CCCc2c(cccc2OC)C1. The van der Waals surface area contributed by atoms with E-state index in [0.717, 1.165) is 25.1 Å². The molecule has 0 bridgehead atoms. The molecule has 17 heavy (non-hydrogen) atoms. The van der Waals surface area contributed by atoms with Gasteiger partial charge in [-0.15, -0.1) is 0 Å². The van der Waals surface area contributed by atoms with E-state index in [1.807, 2.05) is 0 Å². The van der Waals surface area contributed by atoms with Gasteiger partial charge in [0.25, 0.3) is 0 Å². The minimum Gasteiger partial charge on any atom is -0.496 e. The molecule has 0 aliphatic heterocycles. The van der Waals surface area contributed by atoms with Crippen LogP contribution in [0.2, 0.25) is 0 Å². The van der Waals surface area contributed by atoms with Crippen molar-refractivity contribution in [1.82, 2.24) is 5.32 Å². The lowest BCUT2D eigenvalue weighted by Crippen LogP contribution is -2.31. The molecule has 1 aromatic rings. The first-order valence-electron chi connectivity index (χ1n) is 6.73. The minimum atomic E-state index is 0.642. The second-order valence-corrected chi connectivity index (χ2v) is 4.85. The van der Waals surface area contributed by atoms with Gasteiger partial charge in [-0.1, -0.05) is 19.1 Å². The lowest BCUT2D eigenvalue weighted by Gasteiger charge is -2.16. The van der Waals surface area contributed by atoms with Crippen LogP contribution in [0, 0.1) is 0 Å². The fraction of sp³-hybridized carbons (Fsp3) is 0.600.